The van der Waals surface area contributed by atoms with Crippen molar-refractivity contribution in [3.63, 3.8) is 0 Å². The smallest absolute Gasteiger partial charge is 0.130 e. The molecule has 2 rings (SSSR count). The van der Waals surface area contributed by atoms with Gasteiger partial charge in [-0.1, -0.05) is 30.3 Å². The van der Waals surface area contributed by atoms with Crippen LogP contribution < -0.4 is 0 Å². The van der Waals surface area contributed by atoms with Crippen molar-refractivity contribution >= 4 is 0 Å². The van der Waals surface area contributed by atoms with E-state index in [2.05, 4.69) is 9.97 Å². The summed E-state index contributed by atoms with van der Waals surface area (Å²) >= 11 is 0. The number of hydrogen-bond donors (Lipinski definition) is 1. The molecular formula is C12H12N2O. The van der Waals surface area contributed by atoms with E-state index in [0.29, 0.717) is 12.2 Å². The fraction of sp³-hybridized carbons (Fsp3) is 0.167. The molecule has 1 aromatic heterocycles. The predicted molar refractivity (Wildman–Crippen MR) is 58.3 cm³/mol. The Bertz CT molecular complexity index is 411. The molecule has 0 saturated heterocycles. The third kappa shape index (κ3) is 2.39. The Morgan fingerprint density at radius 3 is 2.20 bits per heavy atom. The Morgan fingerprint density at radius 2 is 1.60 bits per heavy atom. The van der Waals surface area contributed by atoms with E-state index >= 15 is 0 Å². The number of hydrogen-bond acceptors (Lipinski definition) is 3. The quantitative estimate of drug-likeness (QED) is 0.819. The van der Waals surface area contributed by atoms with Crippen molar-refractivity contribution in [2.75, 3.05) is 6.61 Å². The summed E-state index contributed by atoms with van der Waals surface area (Å²) in [5, 5.41) is 8.73. The highest BCUT2D eigenvalue weighted by Gasteiger charge is 1.98. The minimum absolute atomic E-state index is 0.0880. The molecule has 2 aromatic rings. The van der Waals surface area contributed by atoms with Crippen molar-refractivity contribution in [2.24, 2.45) is 0 Å². The number of benzene rings is 1. The first-order chi connectivity index (χ1) is 7.40. The fourth-order valence-electron chi connectivity index (χ4n) is 1.36. The average Bonchev–Trinajstić information content (AvgIpc) is 2.32. The van der Waals surface area contributed by atoms with Gasteiger partial charge in [0.1, 0.15) is 5.82 Å². The molecule has 0 unspecified atom stereocenters. The molecule has 3 nitrogen and oxygen atoms in total. The van der Waals surface area contributed by atoms with Crippen LogP contribution in [0, 0.1) is 0 Å². The summed E-state index contributed by atoms with van der Waals surface area (Å²) in [6.45, 7) is 0.0880. The zero-order valence-electron chi connectivity index (χ0n) is 8.30. The van der Waals surface area contributed by atoms with Crippen LogP contribution in [-0.4, -0.2) is 21.7 Å². The lowest BCUT2D eigenvalue weighted by Crippen LogP contribution is -1.97. The lowest BCUT2D eigenvalue weighted by atomic mass is 10.1. The van der Waals surface area contributed by atoms with Crippen LogP contribution in [0.5, 0.6) is 0 Å². The fourth-order valence-corrected chi connectivity index (χ4v) is 1.36. The van der Waals surface area contributed by atoms with Gasteiger partial charge in [-0.2, -0.15) is 0 Å². The van der Waals surface area contributed by atoms with Crippen LogP contribution in [0.15, 0.2) is 42.7 Å². The van der Waals surface area contributed by atoms with Crippen molar-refractivity contribution in [1.29, 1.82) is 0 Å². The van der Waals surface area contributed by atoms with Gasteiger partial charge in [-0.15, -0.1) is 0 Å². The number of nitrogens with zero attached hydrogens (tertiary/aromatic N) is 2. The molecule has 3 heteroatoms. The first-order valence-corrected chi connectivity index (χ1v) is 4.87. The van der Waals surface area contributed by atoms with E-state index in [1.54, 1.807) is 12.4 Å². The van der Waals surface area contributed by atoms with Gasteiger partial charge in [-0.25, -0.2) is 9.97 Å². The van der Waals surface area contributed by atoms with Gasteiger partial charge in [0.2, 0.25) is 0 Å². The highest BCUT2D eigenvalue weighted by molar-refractivity contribution is 5.60. The number of aliphatic hydroxyl groups is 1. The molecule has 1 aromatic carbocycles. The minimum atomic E-state index is 0.0880. The molecule has 76 valence electrons. The predicted octanol–water partition coefficient (Wildman–Crippen LogP) is 1.68. The lowest BCUT2D eigenvalue weighted by molar-refractivity contribution is 0.296. The van der Waals surface area contributed by atoms with E-state index in [4.69, 9.17) is 5.11 Å². The molecule has 1 N–H and O–H groups in total. The average molecular weight is 200 g/mol. The standard InChI is InChI=1S/C12H12N2O/c15-7-6-12-13-8-11(9-14-12)10-4-2-1-3-5-10/h1-5,8-9,15H,6-7H2. The van der Waals surface area contributed by atoms with Crippen LogP contribution in [0.2, 0.25) is 0 Å². The second-order valence-corrected chi connectivity index (χ2v) is 3.23. The van der Waals surface area contributed by atoms with E-state index in [1.807, 2.05) is 30.3 Å². The number of aromatic nitrogens is 2. The van der Waals surface area contributed by atoms with E-state index in [0.717, 1.165) is 11.1 Å². The second-order valence-electron chi connectivity index (χ2n) is 3.23. The Kier molecular flexibility index (Phi) is 3.05. The Labute approximate surface area is 88.5 Å². The van der Waals surface area contributed by atoms with Crippen LogP contribution in [-0.2, 0) is 6.42 Å². The van der Waals surface area contributed by atoms with Gasteiger partial charge in [0.15, 0.2) is 0 Å². The third-order valence-corrected chi connectivity index (χ3v) is 2.15. The molecule has 0 saturated carbocycles. The van der Waals surface area contributed by atoms with Gasteiger partial charge in [-0.05, 0) is 5.56 Å². The van der Waals surface area contributed by atoms with Gasteiger partial charge >= 0.3 is 0 Å². The number of rotatable bonds is 3. The van der Waals surface area contributed by atoms with Crippen LogP contribution >= 0.6 is 0 Å². The summed E-state index contributed by atoms with van der Waals surface area (Å²) < 4.78 is 0. The molecule has 0 aliphatic carbocycles. The highest BCUT2D eigenvalue weighted by Crippen LogP contribution is 2.16. The topological polar surface area (TPSA) is 46.0 Å². The van der Waals surface area contributed by atoms with Gasteiger partial charge in [0, 0.05) is 24.4 Å². The highest BCUT2D eigenvalue weighted by atomic mass is 16.3. The van der Waals surface area contributed by atoms with Crippen molar-refractivity contribution in [3.8, 4) is 11.1 Å². The summed E-state index contributed by atoms with van der Waals surface area (Å²) in [6.07, 6.45) is 4.08. The lowest BCUT2D eigenvalue weighted by Gasteiger charge is -2.01. The van der Waals surface area contributed by atoms with E-state index in [-0.39, 0.29) is 6.61 Å². The summed E-state index contributed by atoms with van der Waals surface area (Å²) in [5.74, 6) is 0.678. The van der Waals surface area contributed by atoms with Gasteiger partial charge in [0.25, 0.3) is 0 Å². The summed E-state index contributed by atoms with van der Waals surface area (Å²) in [7, 11) is 0. The summed E-state index contributed by atoms with van der Waals surface area (Å²) in [4.78, 5) is 8.35. The molecule has 0 bridgehead atoms. The maximum Gasteiger partial charge on any atom is 0.130 e. The maximum absolute atomic E-state index is 8.73. The monoisotopic (exact) mass is 200 g/mol. The van der Waals surface area contributed by atoms with Gasteiger partial charge in [-0.3, -0.25) is 0 Å². The molecule has 0 aliphatic heterocycles. The summed E-state index contributed by atoms with van der Waals surface area (Å²) in [6, 6.07) is 9.98. The maximum atomic E-state index is 8.73. The Balaban J connectivity index is 2.24. The normalized spacial score (nSPS) is 10.2. The molecule has 1 heterocycles. The second kappa shape index (κ2) is 4.66. The first-order valence-electron chi connectivity index (χ1n) is 4.87. The third-order valence-electron chi connectivity index (χ3n) is 2.15. The Hall–Kier alpha value is -1.74. The van der Waals surface area contributed by atoms with Crippen molar-refractivity contribution in [2.45, 2.75) is 6.42 Å². The van der Waals surface area contributed by atoms with E-state index < -0.39 is 0 Å². The molecule has 0 amide bonds. The summed E-state index contributed by atoms with van der Waals surface area (Å²) in [5.41, 5.74) is 2.10. The van der Waals surface area contributed by atoms with Crippen molar-refractivity contribution in [3.05, 3.63) is 48.5 Å². The minimum Gasteiger partial charge on any atom is -0.396 e. The number of aliphatic hydroxyl groups excluding tert-OH is 1. The van der Waals surface area contributed by atoms with Crippen LogP contribution in [0.3, 0.4) is 0 Å². The zero-order chi connectivity index (χ0) is 10.5. The van der Waals surface area contributed by atoms with Crippen LogP contribution in [0.4, 0.5) is 0 Å². The van der Waals surface area contributed by atoms with Crippen molar-refractivity contribution in [1.82, 2.24) is 9.97 Å². The molecule has 0 atom stereocenters. The van der Waals surface area contributed by atoms with Crippen molar-refractivity contribution < 1.29 is 5.11 Å². The molecule has 0 spiro atoms. The molecule has 0 aliphatic rings. The van der Waals surface area contributed by atoms with E-state index in [1.165, 1.54) is 0 Å². The Morgan fingerprint density at radius 1 is 0.933 bits per heavy atom. The van der Waals surface area contributed by atoms with Gasteiger partial charge < -0.3 is 5.11 Å². The molecule has 15 heavy (non-hydrogen) atoms. The van der Waals surface area contributed by atoms with Gasteiger partial charge in [0.05, 0.1) is 6.61 Å². The van der Waals surface area contributed by atoms with Crippen LogP contribution in [0.25, 0.3) is 11.1 Å². The zero-order valence-corrected chi connectivity index (χ0v) is 8.30. The molecule has 0 fully saturated rings. The molecular weight excluding hydrogens is 188 g/mol. The molecule has 0 radical (unpaired) electrons. The SMILES string of the molecule is OCCc1ncc(-c2ccccc2)cn1. The first kappa shape index (κ1) is 9.80. The van der Waals surface area contributed by atoms with Crippen LogP contribution in [0.1, 0.15) is 5.82 Å². The van der Waals surface area contributed by atoms with E-state index in [9.17, 15) is 0 Å². The largest absolute Gasteiger partial charge is 0.396 e.